The van der Waals surface area contributed by atoms with Gasteiger partial charge in [0.05, 0.1) is 28.1 Å². The van der Waals surface area contributed by atoms with Gasteiger partial charge in [0, 0.05) is 28.1 Å². The summed E-state index contributed by atoms with van der Waals surface area (Å²) in [5.74, 6) is 2.34. The normalized spacial score (nSPS) is 13.0. The van der Waals surface area contributed by atoms with Crippen molar-refractivity contribution in [1.82, 2.24) is 9.55 Å². The number of aromatic nitrogens is 2. The Bertz CT molecular complexity index is 2780. The molecule has 6 heteroatoms. The first-order valence-corrected chi connectivity index (χ1v) is 16.6. The van der Waals surface area contributed by atoms with Crippen LogP contribution < -0.4 is 26.0 Å². The lowest BCUT2D eigenvalue weighted by atomic mass is 9.36. The van der Waals surface area contributed by atoms with Crippen molar-refractivity contribution in [3.63, 3.8) is 0 Å². The number of hydrogen-bond acceptors (Lipinski definition) is 4. The zero-order chi connectivity index (χ0) is 32.1. The molecule has 49 heavy (non-hydrogen) atoms. The van der Waals surface area contributed by atoms with E-state index in [-0.39, 0.29) is 6.71 Å². The molecule has 0 unspecified atom stereocenters. The SMILES string of the molecule is c1ccc(-c2nc3cc(B4c5ccccc5Oc5cc(N6c7ccccc7-n7c8ccccc8c8cccc6c87)ccc54)ccc3o2)cc1. The molecule has 0 spiro atoms. The summed E-state index contributed by atoms with van der Waals surface area (Å²) in [6, 6.07) is 55.4. The molecular weight excluding hydrogens is 601 g/mol. The number of rotatable bonds is 3. The highest BCUT2D eigenvalue weighted by atomic mass is 16.5. The van der Waals surface area contributed by atoms with Gasteiger partial charge in [0.25, 0.3) is 6.71 Å². The van der Waals surface area contributed by atoms with Crippen molar-refractivity contribution in [2.45, 2.75) is 0 Å². The number of anilines is 3. The summed E-state index contributed by atoms with van der Waals surface area (Å²) < 4.78 is 15.3. The van der Waals surface area contributed by atoms with Crippen LogP contribution in [0, 0.1) is 0 Å². The number of ether oxygens (including phenoxy) is 1. The van der Waals surface area contributed by atoms with Gasteiger partial charge in [-0.2, -0.15) is 0 Å². The van der Waals surface area contributed by atoms with Crippen LogP contribution in [0.5, 0.6) is 11.5 Å². The summed E-state index contributed by atoms with van der Waals surface area (Å²) in [4.78, 5) is 7.27. The van der Waals surface area contributed by atoms with E-state index >= 15 is 0 Å². The van der Waals surface area contributed by atoms with Crippen LogP contribution in [-0.2, 0) is 0 Å². The van der Waals surface area contributed by atoms with Crippen molar-refractivity contribution in [1.29, 1.82) is 0 Å². The molecule has 7 aromatic carbocycles. The van der Waals surface area contributed by atoms with Crippen LogP contribution in [0.2, 0.25) is 0 Å². The fourth-order valence-electron chi connectivity index (χ4n) is 7.96. The summed E-state index contributed by atoms with van der Waals surface area (Å²) in [6.07, 6.45) is 0. The van der Waals surface area contributed by atoms with Gasteiger partial charge >= 0.3 is 0 Å². The fourth-order valence-corrected chi connectivity index (χ4v) is 7.96. The molecule has 0 fully saturated rings. The van der Waals surface area contributed by atoms with Crippen molar-refractivity contribution in [3.05, 3.63) is 158 Å². The topological polar surface area (TPSA) is 43.4 Å². The molecule has 0 saturated carbocycles. The summed E-state index contributed by atoms with van der Waals surface area (Å²) in [6.45, 7) is -0.0325. The van der Waals surface area contributed by atoms with Gasteiger partial charge in [-0.25, -0.2) is 4.98 Å². The maximum Gasteiger partial charge on any atom is 0.251 e. The van der Waals surface area contributed by atoms with E-state index in [4.69, 9.17) is 14.1 Å². The first kappa shape index (κ1) is 26.5. The maximum absolute atomic E-state index is 6.72. The lowest BCUT2D eigenvalue weighted by Gasteiger charge is -2.34. The maximum atomic E-state index is 6.72. The van der Waals surface area contributed by atoms with Gasteiger partial charge in [-0.05, 0) is 71.6 Å². The molecule has 2 aromatic heterocycles. The van der Waals surface area contributed by atoms with Gasteiger partial charge in [0.15, 0.2) is 5.58 Å². The number of para-hydroxylation sites is 5. The fraction of sp³-hybridized carbons (Fsp3) is 0. The van der Waals surface area contributed by atoms with Crippen LogP contribution in [0.25, 0.3) is 50.0 Å². The molecule has 0 bridgehead atoms. The Morgan fingerprint density at radius 2 is 1.31 bits per heavy atom. The zero-order valence-corrected chi connectivity index (χ0v) is 26.2. The molecule has 0 aliphatic carbocycles. The number of hydrogen-bond donors (Lipinski definition) is 0. The van der Waals surface area contributed by atoms with Crippen LogP contribution in [0.3, 0.4) is 0 Å². The molecule has 9 aromatic rings. The van der Waals surface area contributed by atoms with E-state index in [9.17, 15) is 0 Å². The van der Waals surface area contributed by atoms with E-state index in [2.05, 4.69) is 125 Å². The average Bonchev–Trinajstić information content (AvgIpc) is 3.74. The largest absolute Gasteiger partial charge is 0.458 e. The van der Waals surface area contributed by atoms with Crippen molar-refractivity contribution in [2.75, 3.05) is 4.90 Å². The van der Waals surface area contributed by atoms with Crippen LogP contribution in [0.1, 0.15) is 0 Å². The van der Waals surface area contributed by atoms with Crippen LogP contribution in [-0.4, -0.2) is 16.3 Å². The number of nitrogens with zero attached hydrogens (tertiary/aromatic N) is 3. The van der Waals surface area contributed by atoms with Crippen LogP contribution >= 0.6 is 0 Å². The lowest BCUT2D eigenvalue weighted by molar-refractivity contribution is 0.487. The van der Waals surface area contributed by atoms with E-state index in [1.54, 1.807) is 0 Å². The average molecular weight is 628 g/mol. The minimum atomic E-state index is -0.0325. The Morgan fingerprint density at radius 3 is 2.24 bits per heavy atom. The van der Waals surface area contributed by atoms with E-state index in [1.807, 2.05) is 42.5 Å². The second-order valence-electron chi connectivity index (χ2n) is 12.8. The number of oxazole rings is 1. The molecule has 0 atom stereocenters. The molecule has 0 saturated heterocycles. The molecule has 0 amide bonds. The Labute approximate surface area is 282 Å². The molecule has 5 nitrogen and oxygen atoms in total. The third-order valence-corrected chi connectivity index (χ3v) is 10.1. The van der Waals surface area contributed by atoms with Gasteiger partial charge < -0.3 is 18.6 Å². The van der Waals surface area contributed by atoms with E-state index in [0.717, 1.165) is 67.3 Å². The van der Waals surface area contributed by atoms with E-state index in [0.29, 0.717) is 5.89 Å². The van der Waals surface area contributed by atoms with Crippen LogP contribution in [0.4, 0.5) is 17.1 Å². The highest BCUT2D eigenvalue weighted by molar-refractivity contribution is 6.97. The van der Waals surface area contributed by atoms with Crippen molar-refractivity contribution in [3.8, 4) is 28.6 Å². The highest BCUT2D eigenvalue weighted by Gasteiger charge is 2.34. The quantitative estimate of drug-likeness (QED) is 0.184. The summed E-state index contributed by atoms with van der Waals surface area (Å²) in [5.41, 5.74) is 12.9. The molecule has 11 rings (SSSR count). The highest BCUT2D eigenvalue weighted by Crippen LogP contribution is 2.49. The van der Waals surface area contributed by atoms with E-state index < -0.39 is 0 Å². The summed E-state index contributed by atoms with van der Waals surface area (Å²) in [5, 5.41) is 2.50. The van der Waals surface area contributed by atoms with Gasteiger partial charge in [-0.15, -0.1) is 0 Å². The van der Waals surface area contributed by atoms with Gasteiger partial charge in [0.2, 0.25) is 5.89 Å². The molecule has 228 valence electrons. The minimum Gasteiger partial charge on any atom is -0.458 e. The second-order valence-corrected chi connectivity index (χ2v) is 12.8. The Morgan fingerprint density at radius 1 is 0.551 bits per heavy atom. The molecular formula is C43H26BN3O2. The molecule has 0 radical (unpaired) electrons. The monoisotopic (exact) mass is 627 g/mol. The summed E-state index contributed by atoms with van der Waals surface area (Å²) in [7, 11) is 0. The van der Waals surface area contributed by atoms with Gasteiger partial charge in [-0.3, -0.25) is 0 Å². The second kappa shape index (κ2) is 9.99. The lowest BCUT2D eigenvalue weighted by Crippen LogP contribution is -2.54. The first-order chi connectivity index (χ1) is 24.3. The van der Waals surface area contributed by atoms with Crippen molar-refractivity contribution < 1.29 is 9.15 Å². The number of fused-ring (bicyclic) bond motifs is 8. The molecule has 2 aliphatic rings. The molecule has 2 aliphatic heterocycles. The van der Waals surface area contributed by atoms with E-state index in [1.165, 1.54) is 21.8 Å². The summed E-state index contributed by atoms with van der Waals surface area (Å²) >= 11 is 0. The molecule has 4 heterocycles. The Hall–Kier alpha value is -6.53. The standard InChI is InChI=1S/C43H26BN3O2/c1-2-11-27(12-3-1)43-45-34-25-28(21-24-40(34)49-43)44-32-15-5-9-20-39(32)48-41-26-29(22-23-33(41)44)46-36-17-7-8-18-37(36)47-35-16-6-4-13-30(35)31-14-10-19-38(46)42(31)47/h1-26H. The third-order valence-electron chi connectivity index (χ3n) is 10.1. The Kier molecular flexibility index (Phi) is 5.41. The minimum absolute atomic E-state index is 0.0325. The van der Waals surface area contributed by atoms with Gasteiger partial charge in [0.1, 0.15) is 17.0 Å². The third kappa shape index (κ3) is 3.80. The van der Waals surface area contributed by atoms with Crippen molar-refractivity contribution in [2.24, 2.45) is 0 Å². The zero-order valence-electron chi connectivity index (χ0n) is 26.2. The predicted molar refractivity (Wildman–Crippen MR) is 200 cm³/mol. The molecule has 0 N–H and O–H groups in total. The first-order valence-electron chi connectivity index (χ1n) is 16.6. The number of benzene rings is 7. The Balaban J connectivity index is 1.08. The van der Waals surface area contributed by atoms with Gasteiger partial charge in [-0.1, -0.05) is 96.5 Å². The van der Waals surface area contributed by atoms with Crippen LogP contribution in [0.15, 0.2) is 162 Å². The smallest absolute Gasteiger partial charge is 0.251 e. The van der Waals surface area contributed by atoms with Crippen molar-refractivity contribution >= 4 is 73.1 Å². The predicted octanol–water partition coefficient (Wildman–Crippen LogP) is 9.00.